The Morgan fingerprint density at radius 3 is 2.81 bits per heavy atom. The van der Waals surface area contributed by atoms with Gasteiger partial charge < -0.3 is 10.5 Å². The van der Waals surface area contributed by atoms with Crippen LogP contribution in [0.15, 0.2) is 18.2 Å². The first-order valence-electron chi connectivity index (χ1n) is 5.61. The van der Waals surface area contributed by atoms with Crippen LogP contribution in [0.3, 0.4) is 0 Å². The molecule has 2 N–H and O–H groups in total. The van der Waals surface area contributed by atoms with Crippen molar-refractivity contribution in [3.63, 3.8) is 0 Å². The molecule has 1 heterocycles. The van der Waals surface area contributed by atoms with E-state index in [-0.39, 0.29) is 17.8 Å². The predicted octanol–water partition coefficient (Wildman–Crippen LogP) is 2.18. The molecule has 1 aromatic rings. The van der Waals surface area contributed by atoms with Crippen molar-refractivity contribution in [2.75, 3.05) is 12.3 Å². The average Bonchev–Trinajstić information content (AvgIpc) is 2.67. The summed E-state index contributed by atoms with van der Waals surface area (Å²) in [6.07, 6.45) is 0.856. The molecule has 1 aromatic carbocycles. The number of aryl methyl sites for hydroxylation is 1. The van der Waals surface area contributed by atoms with Crippen LogP contribution in [-0.2, 0) is 4.74 Å². The maximum atomic E-state index is 12.2. The number of benzene rings is 1. The van der Waals surface area contributed by atoms with Crippen LogP contribution in [0.25, 0.3) is 0 Å². The van der Waals surface area contributed by atoms with E-state index in [0.717, 1.165) is 23.2 Å². The topological polar surface area (TPSA) is 52.3 Å². The molecule has 1 saturated heterocycles. The molecule has 0 aliphatic carbocycles. The molecule has 0 bridgehead atoms. The summed E-state index contributed by atoms with van der Waals surface area (Å²) in [7, 11) is 0. The molecule has 86 valence electrons. The van der Waals surface area contributed by atoms with Gasteiger partial charge in [-0.1, -0.05) is 0 Å². The molecule has 0 amide bonds. The normalized spacial score (nSPS) is 24.6. The first-order valence-corrected chi connectivity index (χ1v) is 5.61. The van der Waals surface area contributed by atoms with Crippen LogP contribution in [0.4, 0.5) is 5.69 Å². The lowest BCUT2D eigenvalue weighted by atomic mass is 9.91. The number of hydrogen-bond donors (Lipinski definition) is 1. The molecule has 1 aliphatic heterocycles. The number of nitrogen functional groups attached to an aromatic ring is 1. The summed E-state index contributed by atoms with van der Waals surface area (Å²) < 4.78 is 5.42. The van der Waals surface area contributed by atoms with E-state index >= 15 is 0 Å². The van der Waals surface area contributed by atoms with Gasteiger partial charge in [-0.3, -0.25) is 4.79 Å². The van der Waals surface area contributed by atoms with Crippen LogP contribution in [0, 0.1) is 12.8 Å². The van der Waals surface area contributed by atoms with Gasteiger partial charge in [-0.05, 0) is 44.0 Å². The van der Waals surface area contributed by atoms with Gasteiger partial charge in [0.1, 0.15) is 0 Å². The summed E-state index contributed by atoms with van der Waals surface area (Å²) in [5.74, 6) is 0.177. The number of anilines is 1. The van der Waals surface area contributed by atoms with Gasteiger partial charge in [-0.2, -0.15) is 0 Å². The fourth-order valence-electron chi connectivity index (χ4n) is 2.12. The van der Waals surface area contributed by atoms with E-state index < -0.39 is 0 Å². The minimum absolute atomic E-state index is 0.00280. The summed E-state index contributed by atoms with van der Waals surface area (Å²) in [5, 5.41) is 0. The summed E-state index contributed by atoms with van der Waals surface area (Å²) in [6.45, 7) is 4.56. The number of Topliss-reactive ketones (excluding diaryl/α,β-unsaturated/α-hetero) is 1. The first kappa shape index (κ1) is 11.1. The first-order chi connectivity index (χ1) is 7.59. The monoisotopic (exact) mass is 219 g/mol. The number of nitrogens with two attached hydrogens (primary N) is 1. The van der Waals surface area contributed by atoms with Crippen molar-refractivity contribution >= 4 is 11.5 Å². The summed E-state index contributed by atoms with van der Waals surface area (Å²) in [6, 6.07) is 5.46. The zero-order valence-electron chi connectivity index (χ0n) is 9.69. The second-order valence-electron chi connectivity index (χ2n) is 4.41. The fraction of sp³-hybridized carbons (Fsp3) is 0.462. The molecule has 0 radical (unpaired) electrons. The van der Waals surface area contributed by atoms with E-state index in [1.807, 2.05) is 19.9 Å². The Balaban J connectivity index is 2.23. The number of ketones is 1. The van der Waals surface area contributed by atoms with Gasteiger partial charge >= 0.3 is 0 Å². The van der Waals surface area contributed by atoms with Gasteiger partial charge in [0.25, 0.3) is 0 Å². The van der Waals surface area contributed by atoms with E-state index in [9.17, 15) is 4.79 Å². The van der Waals surface area contributed by atoms with Gasteiger partial charge in [0.15, 0.2) is 5.78 Å². The Labute approximate surface area is 95.6 Å². The summed E-state index contributed by atoms with van der Waals surface area (Å²) in [4.78, 5) is 12.2. The number of rotatable bonds is 2. The van der Waals surface area contributed by atoms with Gasteiger partial charge in [0.05, 0.1) is 12.0 Å². The molecule has 3 heteroatoms. The second-order valence-corrected chi connectivity index (χ2v) is 4.41. The molecule has 3 nitrogen and oxygen atoms in total. The van der Waals surface area contributed by atoms with E-state index in [0.29, 0.717) is 6.61 Å². The Hall–Kier alpha value is -1.35. The number of carbonyl (C=O) groups is 1. The minimum Gasteiger partial charge on any atom is -0.399 e. The number of ether oxygens (including phenoxy) is 1. The van der Waals surface area contributed by atoms with Gasteiger partial charge in [0, 0.05) is 17.9 Å². The minimum atomic E-state index is 0.00280. The molecule has 1 aliphatic rings. The van der Waals surface area contributed by atoms with Crippen molar-refractivity contribution in [3.8, 4) is 0 Å². The van der Waals surface area contributed by atoms with Crippen LogP contribution < -0.4 is 5.73 Å². The Morgan fingerprint density at radius 1 is 1.50 bits per heavy atom. The van der Waals surface area contributed by atoms with Crippen molar-refractivity contribution in [1.82, 2.24) is 0 Å². The Bertz CT molecular complexity index is 414. The zero-order chi connectivity index (χ0) is 11.7. The lowest BCUT2D eigenvalue weighted by molar-refractivity contribution is 0.0764. The largest absolute Gasteiger partial charge is 0.399 e. The molecule has 2 unspecified atom stereocenters. The Morgan fingerprint density at radius 2 is 2.25 bits per heavy atom. The number of carbonyl (C=O) groups excluding carboxylic acids is 1. The SMILES string of the molecule is Cc1cc(C(=O)C2CCOC2C)ccc1N. The molecule has 1 fully saturated rings. The zero-order valence-corrected chi connectivity index (χ0v) is 9.69. The Kier molecular flexibility index (Phi) is 2.97. The third kappa shape index (κ3) is 1.95. The predicted molar refractivity (Wildman–Crippen MR) is 63.4 cm³/mol. The lowest BCUT2D eigenvalue weighted by Crippen LogP contribution is -2.21. The van der Waals surface area contributed by atoms with Crippen molar-refractivity contribution in [2.45, 2.75) is 26.4 Å². The lowest BCUT2D eigenvalue weighted by Gasteiger charge is -2.13. The summed E-state index contributed by atoms with van der Waals surface area (Å²) >= 11 is 0. The maximum Gasteiger partial charge on any atom is 0.168 e. The highest BCUT2D eigenvalue weighted by Crippen LogP contribution is 2.25. The van der Waals surface area contributed by atoms with Crippen LogP contribution in [0.5, 0.6) is 0 Å². The van der Waals surface area contributed by atoms with Crippen molar-refractivity contribution in [1.29, 1.82) is 0 Å². The van der Waals surface area contributed by atoms with E-state index in [1.165, 1.54) is 0 Å². The van der Waals surface area contributed by atoms with Crippen molar-refractivity contribution in [2.24, 2.45) is 5.92 Å². The smallest absolute Gasteiger partial charge is 0.168 e. The summed E-state index contributed by atoms with van der Waals surface area (Å²) in [5.41, 5.74) is 8.16. The fourth-order valence-corrected chi connectivity index (χ4v) is 2.12. The highest BCUT2D eigenvalue weighted by molar-refractivity contribution is 5.98. The van der Waals surface area contributed by atoms with E-state index in [2.05, 4.69) is 0 Å². The second kappa shape index (κ2) is 4.26. The molecular weight excluding hydrogens is 202 g/mol. The van der Waals surface area contributed by atoms with Crippen LogP contribution >= 0.6 is 0 Å². The van der Waals surface area contributed by atoms with Crippen molar-refractivity contribution < 1.29 is 9.53 Å². The van der Waals surface area contributed by atoms with Crippen LogP contribution in [0.1, 0.15) is 29.3 Å². The number of hydrogen-bond acceptors (Lipinski definition) is 3. The molecule has 16 heavy (non-hydrogen) atoms. The highest BCUT2D eigenvalue weighted by Gasteiger charge is 2.31. The molecule has 2 atom stereocenters. The molecule has 0 spiro atoms. The highest BCUT2D eigenvalue weighted by atomic mass is 16.5. The maximum absolute atomic E-state index is 12.2. The molecule has 2 rings (SSSR count). The van der Waals surface area contributed by atoms with Crippen LogP contribution in [0.2, 0.25) is 0 Å². The molecule has 0 saturated carbocycles. The van der Waals surface area contributed by atoms with Gasteiger partial charge in [-0.15, -0.1) is 0 Å². The third-order valence-corrected chi connectivity index (χ3v) is 3.27. The van der Waals surface area contributed by atoms with Crippen LogP contribution in [-0.4, -0.2) is 18.5 Å². The quantitative estimate of drug-likeness (QED) is 0.612. The van der Waals surface area contributed by atoms with E-state index in [1.54, 1.807) is 12.1 Å². The molecule has 0 aromatic heterocycles. The van der Waals surface area contributed by atoms with E-state index in [4.69, 9.17) is 10.5 Å². The van der Waals surface area contributed by atoms with Gasteiger partial charge in [0.2, 0.25) is 0 Å². The molecular formula is C13H17NO2. The average molecular weight is 219 g/mol. The third-order valence-electron chi connectivity index (χ3n) is 3.27. The standard InChI is InChI=1S/C13H17NO2/c1-8-7-10(3-4-12(8)14)13(15)11-5-6-16-9(11)2/h3-4,7,9,11H,5-6,14H2,1-2H3. The van der Waals surface area contributed by atoms with Gasteiger partial charge in [-0.25, -0.2) is 0 Å². The van der Waals surface area contributed by atoms with Crippen molar-refractivity contribution in [3.05, 3.63) is 29.3 Å².